The number of halogens is 5. The smallest absolute Gasteiger partial charge is 0.259 e. The Morgan fingerprint density at radius 3 is 2.59 bits per heavy atom. The third kappa shape index (κ3) is 2.84. The average Bonchev–Trinajstić information content (AvgIpc) is 2.57. The first-order valence-corrected chi connectivity index (χ1v) is 8.38. The lowest BCUT2D eigenvalue weighted by atomic mass is 9.87. The van der Waals surface area contributed by atoms with Gasteiger partial charge in [0.2, 0.25) is 0 Å². The Kier molecular flexibility index (Phi) is 3.92. The van der Waals surface area contributed by atoms with Crippen molar-refractivity contribution in [1.29, 1.82) is 0 Å². The molecule has 140 valence electrons. The number of pyridine rings is 2. The molecular weight excluding hydrogens is 386 g/mol. The summed E-state index contributed by atoms with van der Waals surface area (Å²) in [6.07, 6.45) is 0.219. The minimum Gasteiger partial charge on any atom is -0.396 e. The number of rotatable bonds is 2. The van der Waals surface area contributed by atoms with E-state index in [2.05, 4.69) is 4.98 Å². The predicted octanol–water partition coefficient (Wildman–Crippen LogP) is 4.55. The molecule has 1 aliphatic rings. The van der Waals surface area contributed by atoms with Crippen molar-refractivity contribution >= 4 is 28.2 Å². The number of anilines is 1. The minimum absolute atomic E-state index is 0.0656. The van der Waals surface area contributed by atoms with Crippen molar-refractivity contribution in [2.45, 2.75) is 24.8 Å². The number of fused-ring (bicyclic) bond motifs is 1. The van der Waals surface area contributed by atoms with Gasteiger partial charge in [0.05, 0.1) is 22.3 Å². The fourth-order valence-corrected chi connectivity index (χ4v) is 3.53. The van der Waals surface area contributed by atoms with Crippen LogP contribution >= 0.6 is 11.6 Å². The van der Waals surface area contributed by atoms with Crippen molar-refractivity contribution in [3.05, 3.63) is 57.6 Å². The van der Waals surface area contributed by atoms with Crippen molar-refractivity contribution < 1.29 is 17.6 Å². The van der Waals surface area contributed by atoms with Gasteiger partial charge in [-0.15, -0.1) is 0 Å². The highest BCUT2D eigenvalue weighted by Crippen LogP contribution is 2.46. The first-order chi connectivity index (χ1) is 12.7. The summed E-state index contributed by atoms with van der Waals surface area (Å²) in [5, 5.41) is 0.404. The standard InChI is InChI=1S/C18H12ClF4N3O/c19-14-4-13-8(7-25-14)3-10(15-11(20)1-2-12(24)16(15)21)17(27)26(13)9-5-18(22,23)6-9/h1-4,7,9H,5-6,24H2. The zero-order valence-electron chi connectivity index (χ0n) is 13.6. The fourth-order valence-electron chi connectivity index (χ4n) is 3.38. The normalized spacial score (nSPS) is 16.5. The van der Waals surface area contributed by atoms with Gasteiger partial charge in [0.1, 0.15) is 11.0 Å². The Bertz CT molecular complexity index is 1140. The molecule has 0 spiro atoms. The molecular formula is C18H12ClF4N3O. The maximum atomic E-state index is 14.5. The summed E-state index contributed by atoms with van der Waals surface area (Å²) in [4.78, 5) is 16.9. The lowest BCUT2D eigenvalue weighted by Crippen LogP contribution is -2.41. The van der Waals surface area contributed by atoms with Crippen LogP contribution in [-0.2, 0) is 0 Å². The summed E-state index contributed by atoms with van der Waals surface area (Å²) in [5.74, 6) is -4.96. The van der Waals surface area contributed by atoms with Gasteiger partial charge < -0.3 is 10.3 Å². The van der Waals surface area contributed by atoms with Crippen LogP contribution in [0.2, 0.25) is 5.15 Å². The molecule has 1 aliphatic carbocycles. The highest BCUT2D eigenvalue weighted by atomic mass is 35.5. The highest BCUT2D eigenvalue weighted by molar-refractivity contribution is 6.30. The second-order valence-electron chi connectivity index (χ2n) is 6.54. The van der Waals surface area contributed by atoms with Gasteiger partial charge >= 0.3 is 0 Å². The van der Waals surface area contributed by atoms with Crippen LogP contribution in [0.3, 0.4) is 0 Å². The van der Waals surface area contributed by atoms with Gasteiger partial charge in [-0.25, -0.2) is 22.5 Å². The molecule has 1 fully saturated rings. The van der Waals surface area contributed by atoms with E-state index in [4.69, 9.17) is 17.3 Å². The Morgan fingerprint density at radius 2 is 1.93 bits per heavy atom. The molecule has 1 saturated carbocycles. The molecule has 9 heteroatoms. The first kappa shape index (κ1) is 17.8. The quantitative estimate of drug-likeness (QED) is 0.392. The number of benzene rings is 1. The zero-order valence-corrected chi connectivity index (χ0v) is 14.4. The lowest BCUT2D eigenvalue weighted by molar-refractivity contribution is -0.103. The number of aromatic nitrogens is 2. The van der Waals surface area contributed by atoms with E-state index < -0.39 is 47.6 Å². The lowest BCUT2D eigenvalue weighted by Gasteiger charge is -2.37. The van der Waals surface area contributed by atoms with Crippen LogP contribution < -0.4 is 11.3 Å². The summed E-state index contributed by atoms with van der Waals surface area (Å²) in [6.45, 7) is 0. The molecule has 0 radical (unpaired) electrons. The van der Waals surface area contributed by atoms with E-state index in [0.29, 0.717) is 5.39 Å². The Labute approximate surface area is 155 Å². The van der Waals surface area contributed by atoms with E-state index >= 15 is 0 Å². The summed E-state index contributed by atoms with van der Waals surface area (Å²) in [6, 6.07) is 3.79. The van der Waals surface area contributed by atoms with E-state index in [1.165, 1.54) is 18.3 Å². The van der Waals surface area contributed by atoms with Crippen LogP contribution in [0, 0.1) is 11.6 Å². The Balaban J connectivity index is 2.05. The van der Waals surface area contributed by atoms with Gasteiger partial charge in [-0.05, 0) is 24.3 Å². The molecule has 2 heterocycles. The fraction of sp³-hybridized carbons (Fsp3) is 0.222. The monoisotopic (exact) mass is 397 g/mol. The molecule has 2 N–H and O–H groups in total. The highest BCUT2D eigenvalue weighted by Gasteiger charge is 2.47. The maximum Gasteiger partial charge on any atom is 0.259 e. The van der Waals surface area contributed by atoms with Gasteiger partial charge in [-0.2, -0.15) is 0 Å². The van der Waals surface area contributed by atoms with Crippen molar-refractivity contribution in [2.75, 3.05) is 5.73 Å². The van der Waals surface area contributed by atoms with Crippen molar-refractivity contribution in [3.63, 3.8) is 0 Å². The van der Waals surface area contributed by atoms with Crippen molar-refractivity contribution in [3.8, 4) is 11.1 Å². The second kappa shape index (κ2) is 5.95. The minimum atomic E-state index is -2.89. The summed E-state index contributed by atoms with van der Waals surface area (Å²) in [5.41, 5.74) is 3.73. The second-order valence-corrected chi connectivity index (χ2v) is 6.93. The van der Waals surface area contributed by atoms with Crippen LogP contribution in [-0.4, -0.2) is 15.5 Å². The van der Waals surface area contributed by atoms with Crippen LogP contribution in [0.5, 0.6) is 0 Å². The summed E-state index contributed by atoms with van der Waals surface area (Å²) >= 11 is 5.88. The number of nitrogen functional groups attached to an aromatic ring is 1. The topological polar surface area (TPSA) is 60.9 Å². The Morgan fingerprint density at radius 1 is 1.22 bits per heavy atom. The van der Waals surface area contributed by atoms with Crippen LogP contribution in [0.25, 0.3) is 22.0 Å². The van der Waals surface area contributed by atoms with E-state index in [1.54, 1.807) is 0 Å². The SMILES string of the molecule is Nc1ccc(F)c(-c2cc3cnc(Cl)cc3n(C3CC(F)(F)C3)c2=O)c1F. The van der Waals surface area contributed by atoms with Crippen LogP contribution in [0.1, 0.15) is 18.9 Å². The first-order valence-electron chi connectivity index (χ1n) is 8.00. The molecule has 0 aliphatic heterocycles. The summed E-state index contributed by atoms with van der Waals surface area (Å²) in [7, 11) is 0. The summed E-state index contributed by atoms with van der Waals surface area (Å²) < 4.78 is 56.7. The van der Waals surface area contributed by atoms with E-state index in [1.807, 2.05) is 0 Å². The number of hydrogen-bond acceptors (Lipinski definition) is 3. The number of nitrogens with two attached hydrogens (primary N) is 1. The van der Waals surface area contributed by atoms with E-state index in [0.717, 1.165) is 16.7 Å². The molecule has 0 amide bonds. The maximum absolute atomic E-state index is 14.5. The average molecular weight is 398 g/mol. The third-order valence-corrected chi connectivity index (χ3v) is 4.92. The van der Waals surface area contributed by atoms with Gasteiger partial charge in [0.15, 0.2) is 5.82 Å². The van der Waals surface area contributed by atoms with Gasteiger partial charge in [-0.1, -0.05) is 11.6 Å². The number of nitrogens with zero attached hydrogens (tertiary/aromatic N) is 2. The molecule has 0 saturated heterocycles. The van der Waals surface area contributed by atoms with Gasteiger partial charge in [-0.3, -0.25) is 4.79 Å². The molecule has 0 bridgehead atoms. The molecule has 3 aromatic rings. The molecule has 0 atom stereocenters. The van der Waals surface area contributed by atoms with Gasteiger partial charge in [0.25, 0.3) is 11.5 Å². The molecule has 27 heavy (non-hydrogen) atoms. The van der Waals surface area contributed by atoms with Crippen molar-refractivity contribution in [2.24, 2.45) is 0 Å². The number of alkyl halides is 2. The molecule has 4 nitrogen and oxygen atoms in total. The van der Waals surface area contributed by atoms with Crippen molar-refractivity contribution in [1.82, 2.24) is 9.55 Å². The van der Waals surface area contributed by atoms with Crippen LogP contribution in [0.15, 0.2) is 35.3 Å². The molecule has 2 aromatic heterocycles. The van der Waals surface area contributed by atoms with E-state index in [-0.39, 0.29) is 21.9 Å². The third-order valence-electron chi connectivity index (χ3n) is 4.71. The van der Waals surface area contributed by atoms with Gasteiger partial charge in [0, 0.05) is 30.5 Å². The molecule has 0 unspecified atom stereocenters. The Hall–Kier alpha value is -2.61. The molecule has 4 rings (SSSR count). The van der Waals surface area contributed by atoms with E-state index in [9.17, 15) is 22.4 Å². The predicted molar refractivity (Wildman–Crippen MR) is 94.0 cm³/mol. The zero-order chi connectivity index (χ0) is 19.5. The number of hydrogen-bond donors (Lipinski definition) is 1. The van der Waals surface area contributed by atoms with Crippen LogP contribution in [0.4, 0.5) is 23.2 Å². The molecule has 1 aromatic carbocycles. The largest absolute Gasteiger partial charge is 0.396 e.